The number of hydrogen-bond acceptors (Lipinski definition) is 9. The molecule has 0 saturated carbocycles. The molecule has 23 heavy (non-hydrogen) atoms. The molecule has 11 nitrogen and oxygen atoms in total. The van der Waals surface area contributed by atoms with Crippen LogP contribution in [0, 0.1) is 30.6 Å². The molecule has 0 saturated heterocycles. The van der Waals surface area contributed by atoms with Gasteiger partial charge in [-0.25, -0.2) is 4.79 Å². The molecule has 0 atom stereocenters. The molecule has 0 aliphatic rings. The fourth-order valence-electron chi connectivity index (χ4n) is 0.876. The molecule has 0 aliphatic heterocycles. The predicted molar refractivity (Wildman–Crippen MR) is 80.9 cm³/mol. The maximum atomic E-state index is 11.2. The molecule has 0 fully saturated rings. The Morgan fingerprint density at radius 3 is 1.70 bits per heavy atom. The maximum absolute atomic E-state index is 11.2. The fourth-order valence-corrected chi connectivity index (χ4v) is 0.876. The summed E-state index contributed by atoms with van der Waals surface area (Å²) in [5.41, 5.74) is 0.464. The van der Waals surface area contributed by atoms with Crippen molar-refractivity contribution in [2.75, 3.05) is 6.61 Å². The van der Waals surface area contributed by atoms with E-state index >= 15 is 0 Å². The molecule has 118 valence electrons. The number of phenolic OH excluding ortho intramolecular Hbond substituents is 1. The van der Waals surface area contributed by atoms with Crippen LogP contribution in [0.3, 0.4) is 0 Å². The summed E-state index contributed by atoms with van der Waals surface area (Å²) >= 11 is 0. The summed E-state index contributed by atoms with van der Waals surface area (Å²) in [7, 11) is 0. The van der Waals surface area contributed by atoms with Crippen LogP contribution in [0.25, 0.3) is 0 Å². The van der Waals surface area contributed by atoms with Crippen molar-refractivity contribution >= 4 is 96.9 Å². The first-order chi connectivity index (χ1) is 9.70. The molecular weight excluding hydrogens is 467 g/mol. The third-order valence-corrected chi connectivity index (χ3v) is 1.54. The number of aromatic hydroxyl groups is 1. The van der Waals surface area contributed by atoms with Crippen LogP contribution in [0.4, 0.5) is 0 Å². The van der Waals surface area contributed by atoms with Gasteiger partial charge < -0.3 is 40.5 Å². The van der Waals surface area contributed by atoms with Crippen LogP contribution in [-0.2, 0) is 4.74 Å². The molecule has 0 heterocycles. The first-order valence-corrected chi connectivity index (χ1v) is 5.29. The topological polar surface area (TPSA) is 179 Å². The molecule has 0 spiro atoms. The summed E-state index contributed by atoms with van der Waals surface area (Å²) in [6.45, 7) is 2.36. The quantitative estimate of drug-likeness (QED) is 0.283. The molecule has 0 bridgehead atoms. The minimum atomic E-state index is -1.75. The number of benzene rings is 1. The zero-order valence-electron chi connectivity index (χ0n) is 12.2. The van der Waals surface area contributed by atoms with E-state index in [4.69, 9.17) is 40.5 Å². The predicted octanol–water partition coefficient (Wildman–Crippen LogP) is 0.719. The SMILES string of the molecule is CCCOC(=O)c1ccc(O)cc1.O=[N+]([O-])[O-].O=[N+]([O-])[O-].[Sr+2].[Sr+2]. The zero-order chi connectivity index (χ0) is 16.8. The minimum absolute atomic E-state index is 0. The van der Waals surface area contributed by atoms with Crippen LogP contribution < -0.4 is 0 Å². The Labute approximate surface area is 205 Å². The summed E-state index contributed by atoms with van der Waals surface area (Å²) in [5.74, 6) is -0.200. The molecule has 1 N–H and O–H groups in total. The molecule has 0 radical (unpaired) electrons. The van der Waals surface area contributed by atoms with Gasteiger partial charge in [0.15, 0.2) is 0 Å². The van der Waals surface area contributed by atoms with Crippen molar-refractivity contribution in [1.29, 1.82) is 0 Å². The van der Waals surface area contributed by atoms with Gasteiger partial charge in [-0.05, 0) is 30.7 Å². The summed E-state index contributed by atoms with van der Waals surface area (Å²) < 4.78 is 4.90. The summed E-state index contributed by atoms with van der Waals surface area (Å²) in [6, 6.07) is 5.99. The molecule has 0 aromatic heterocycles. The van der Waals surface area contributed by atoms with E-state index < -0.39 is 10.2 Å². The van der Waals surface area contributed by atoms with Gasteiger partial charge in [-0.1, -0.05) is 6.92 Å². The van der Waals surface area contributed by atoms with Crippen LogP contribution in [0.15, 0.2) is 24.3 Å². The van der Waals surface area contributed by atoms with Gasteiger partial charge in [0.1, 0.15) is 5.75 Å². The second-order valence-corrected chi connectivity index (χ2v) is 3.13. The van der Waals surface area contributed by atoms with Gasteiger partial charge in [-0.2, -0.15) is 0 Å². The molecule has 1 aromatic rings. The number of hydrogen-bond donors (Lipinski definition) is 1. The maximum Gasteiger partial charge on any atom is 2.00 e. The van der Waals surface area contributed by atoms with Gasteiger partial charge in [0.05, 0.1) is 22.3 Å². The van der Waals surface area contributed by atoms with Crippen LogP contribution in [0.5, 0.6) is 5.75 Å². The van der Waals surface area contributed by atoms with E-state index in [-0.39, 0.29) is 103 Å². The molecule has 0 aliphatic carbocycles. The zero-order valence-corrected chi connectivity index (χ0v) is 19.2. The Kier molecular flexibility index (Phi) is 26.6. The first-order valence-electron chi connectivity index (χ1n) is 5.29. The molecule has 0 unspecified atom stereocenters. The van der Waals surface area contributed by atoms with Crippen molar-refractivity contribution in [2.45, 2.75) is 13.3 Å². The van der Waals surface area contributed by atoms with Crippen molar-refractivity contribution in [2.24, 2.45) is 0 Å². The summed E-state index contributed by atoms with van der Waals surface area (Å²) in [5, 5.41) is 38.5. The van der Waals surface area contributed by atoms with Gasteiger partial charge in [-0.3, -0.25) is 0 Å². The van der Waals surface area contributed by atoms with E-state index in [9.17, 15) is 4.79 Å². The van der Waals surface area contributed by atoms with E-state index in [1.165, 1.54) is 24.3 Å². The molecule has 0 amide bonds. The molecule has 13 heteroatoms. The Hall–Kier alpha value is -0.149. The van der Waals surface area contributed by atoms with Crippen LogP contribution in [0.2, 0.25) is 0 Å². The van der Waals surface area contributed by atoms with Gasteiger partial charge in [0.25, 0.3) is 0 Å². The molecular formula is C10H12N2O9Sr2+2. The Bertz CT molecular complexity index is 436. The third kappa shape index (κ3) is 27.0. The average Bonchev–Trinajstić information content (AvgIpc) is 2.35. The monoisotopic (exact) mass is 480 g/mol. The average molecular weight is 479 g/mol. The number of carbonyl (C=O) groups excluding carboxylic acids is 1. The van der Waals surface area contributed by atoms with E-state index in [1.54, 1.807) is 0 Å². The summed E-state index contributed by atoms with van der Waals surface area (Å²) in [4.78, 5) is 27.7. The molecule has 1 aromatic carbocycles. The van der Waals surface area contributed by atoms with Gasteiger partial charge in [0, 0.05) is 0 Å². The second-order valence-electron chi connectivity index (χ2n) is 3.13. The fraction of sp³-hybridized carbons (Fsp3) is 0.300. The van der Waals surface area contributed by atoms with Crippen molar-refractivity contribution in [3.8, 4) is 5.75 Å². The number of phenols is 1. The van der Waals surface area contributed by atoms with Crippen molar-refractivity contribution in [1.82, 2.24) is 0 Å². The number of carbonyl (C=O) groups is 1. The second kappa shape index (κ2) is 19.9. The van der Waals surface area contributed by atoms with Crippen molar-refractivity contribution in [3.63, 3.8) is 0 Å². The van der Waals surface area contributed by atoms with Crippen molar-refractivity contribution in [3.05, 3.63) is 60.5 Å². The minimum Gasteiger partial charge on any atom is -0.508 e. The number of esters is 1. The van der Waals surface area contributed by atoms with Crippen LogP contribution >= 0.6 is 0 Å². The van der Waals surface area contributed by atoms with E-state index in [0.29, 0.717) is 12.2 Å². The largest absolute Gasteiger partial charge is 2.00 e. The molecule has 1 rings (SSSR count). The number of rotatable bonds is 3. The van der Waals surface area contributed by atoms with E-state index in [2.05, 4.69) is 0 Å². The number of nitrogens with zero attached hydrogens (tertiary/aromatic N) is 2. The van der Waals surface area contributed by atoms with Crippen molar-refractivity contribution < 1.29 is 24.8 Å². The Morgan fingerprint density at radius 1 is 1.04 bits per heavy atom. The van der Waals surface area contributed by atoms with Crippen LogP contribution in [-0.4, -0.2) is 119 Å². The Balaban J connectivity index is -0.000000153. The van der Waals surface area contributed by atoms with E-state index in [0.717, 1.165) is 6.42 Å². The summed E-state index contributed by atoms with van der Waals surface area (Å²) in [6.07, 6.45) is 0.809. The smallest absolute Gasteiger partial charge is 0.508 e. The van der Waals surface area contributed by atoms with E-state index in [1.807, 2.05) is 6.92 Å². The Morgan fingerprint density at radius 2 is 1.39 bits per heavy atom. The third-order valence-electron chi connectivity index (χ3n) is 1.54. The van der Waals surface area contributed by atoms with Gasteiger partial charge in [-0.15, -0.1) is 0 Å². The van der Waals surface area contributed by atoms with Gasteiger partial charge in [0.2, 0.25) is 0 Å². The normalized spacial score (nSPS) is 7.52. The van der Waals surface area contributed by atoms with Gasteiger partial charge >= 0.3 is 96.9 Å². The number of ether oxygens (including phenoxy) is 1. The standard InChI is InChI=1S/C10H12O3.2NO3.2Sr/c1-2-7-13-10(12)8-3-5-9(11)6-4-8;2*2-1(3)4;;/h3-6,11H,2,7H2,1H3;;;;/q;2*-1;2*+2. The van der Waals surface area contributed by atoms with Crippen LogP contribution in [0.1, 0.15) is 23.7 Å². The first kappa shape index (κ1) is 30.7.